The van der Waals surface area contributed by atoms with Crippen LogP contribution in [0.2, 0.25) is 5.02 Å². The summed E-state index contributed by atoms with van der Waals surface area (Å²) in [5.74, 6) is -0.493. The molecule has 3 rings (SSSR count). The van der Waals surface area contributed by atoms with Gasteiger partial charge in [0.2, 0.25) is 5.88 Å². The highest BCUT2D eigenvalue weighted by Crippen LogP contribution is 2.26. The Hall–Kier alpha value is -3.31. The molecule has 1 amide bonds. The van der Waals surface area contributed by atoms with Gasteiger partial charge in [0.15, 0.2) is 10.7 Å². The van der Waals surface area contributed by atoms with Crippen molar-refractivity contribution >= 4 is 28.2 Å². The number of nitrogens with one attached hydrogen (secondary N) is 1. The summed E-state index contributed by atoms with van der Waals surface area (Å²) >= 11 is 6.03. The molecule has 0 aliphatic rings. The van der Waals surface area contributed by atoms with E-state index in [9.17, 15) is 26.4 Å². The van der Waals surface area contributed by atoms with Gasteiger partial charge in [-0.25, -0.2) is 13.4 Å². The van der Waals surface area contributed by atoms with E-state index in [1.807, 2.05) is 0 Å². The number of benzene rings is 2. The molecule has 168 valence electrons. The molecule has 7 nitrogen and oxygen atoms in total. The molecule has 0 aliphatic heterocycles. The molecule has 0 fully saturated rings. The number of hydrogen-bond donors (Lipinski definition) is 2. The van der Waals surface area contributed by atoms with E-state index < -0.39 is 23.0 Å². The molecule has 32 heavy (non-hydrogen) atoms. The van der Waals surface area contributed by atoms with Crippen LogP contribution in [0.5, 0.6) is 17.4 Å². The quantitative estimate of drug-likeness (QED) is 0.483. The number of nitrogens with zero attached hydrogens (tertiary/aromatic N) is 1. The van der Waals surface area contributed by atoms with Crippen molar-refractivity contribution < 1.29 is 35.9 Å². The molecular formula is C20H14ClF3N2O5S. The van der Waals surface area contributed by atoms with Crippen molar-refractivity contribution in [3.05, 3.63) is 76.9 Å². The molecule has 0 radical (unpaired) electrons. The summed E-state index contributed by atoms with van der Waals surface area (Å²) in [7, 11) is -2.75. The Kier molecular flexibility index (Phi) is 7.21. The summed E-state index contributed by atoms with van der Waals surface area (Å²) in [5, 5.41) is 2.84. The highest BCUT2D eigenvalue weighted by Gasteiger charge is 2.31. The minimum absolute atomic E-state index is 0.0676. The second-order valence-corrected chi connectivity index (χ2v) is 7.66. The fourth-order valence-corrected chi connectivity index (χ4v) is 3.23. The lowest BCUT2D eigenvalue weighted by Gasteiger charge is -2.10. The number of alkyl halides is 3. The molecule has 0 atom stereocenters. The van der Waals surface area contributed by atoms with Gasteiger partial charge in [0.1, 0.15) is 11.5 Å². The predicted molar refractivity (Wildman–Crippen MR) is 109 cm³/mol. The number of aromatic nitrogens is 1. The highest BCUT2D eigenvalue weighted by molar-refractivity contribution is 7.72. The standard InChI is InChI=1S/C20H14ClF3N2O5S/c21-17-9-16(32(28)29)7-1-12(17)10-26-19(27)13-2-8-18(25-11-13)30-14-3-5-15(6-4-14)31-20(22,23)24/h1-9,11,32H,10H2,(H,26,27). The van der Waals surface area contributed by atoms with Crippen molar-refractivity contribution in [3.8, 4) is 17.4 Å². The number of pyridine rings is 1. The van der Waals surface area contributed by atoms with E-state index in [0.717, 1.165) is 12.1 Å². The fraction of sp³-hybridized carbons (Fsp3) is 0.100. The molecule has 1 heterocycles. The van der Waals surface area contributed by atoms with E-state index in [-0.39, 0.29) is 39.4 Å². The molecular weight excluding hydrogens is 473 g/mol. The van der Waals surface area contributed by atoms with Gasteiger partial charge in [-0.2, -0.15) is 0 Å². The highest BCUT2D eigenvalue weighted by atomic mass is 35.5. The Morgan fingerprint density at radius 1 is 1.03 bits per heavy atom. The van der Waals surface area contributed by atoms with Crippen LogP contribution in [0.1, 0.15) is 15.9 Å². The normalized spacial score (nSPS) is 11.3. The zero-order chi connectivity index (χ0) is 23.3. The van der Waals surface area contributed by atoms with Crippen molar-refractivity contribution in [2.24, 2.45) is 0 Å². The summed E-state index contributed by atoms with van der Waals surface area (Å²) in [5.41, 5.74) is 0.758. The molecule has 0 saturated heterocycles. The first-order valence-electron chi connectivity index (χ1n) is 8.81. The van der Waals surface area contributed by atoms with E-state index in [0.29, 0.717) is 5.56 Å². The Labute approximate surface area is 186 Å². The van der Waals surface area contributed by atoms with Gasteiger partial charge in [-0.05, 0) is 48.0 Å². The number of ether oxygens (including phenoxy) is 2. The SMILES string of the molecule is O=C(NCc1ccc([SH](=O)=O)cc1Cl)c1ccc(Oc2ccc(OC(F)(F)F)cc2)nc1. The second-order valence-electron chi connectivity index (χ2n) is 6.22. The van der Waals surface area contributed by atoms with Crippen molar-refractivity contribution in [1.29, 1.82) is 0 Å². The van der Waals surface area contributed by atoms with Crippen molar-refractivity contribution in [2.75, 3.05) is 0 Å². The van der Waals surface area contributed by atoms with E-state index in [1.54, 1.807) is 0 Å². The summed E-state index contributed by atoms with van der Waals surface area (Å²) in [4.78, 5) is 16.4. The Balaban J connectivity index is 1.57. The maximum absolute atomic E-state index is 12.3. The van der Waals surface area contributed by atoms with Crippen LogP contribution in [-0.4, -0.2) is 25.7 Å². The smallest absolute Gasteiger partial charge is 0.439 e. The zero-order valence-corrected chi connectivity index (χ0v) is 17.6. The summed E-state index contributed by atoms with van der Waals surface area (Å²) < 4.78 is 67.7. The van der Waals surface area contributed by atoms with Crippen LogP contribution in [0, 0.1) is 0 Å². The van der Waals surface area contributed by atoms with Crippen LogP contribution in [0.4, 0.5) is 13.2 Å². The lowest BCUT2D eigenvalue weighted by molar-refractivity contribution is -0.274. The first-order chi connectivity index (χ1) is 15.1. The number of hydrogen-bond acceptors (Lipinski definition) is 6. The average molecular weight is 487 g/mol. The molecule has 0 saturated carbocycles. The van der Waals surface area contributed by atoms with Crippen LogP contribution in [-0.2, 0) is 17.2 Å². The molecule has 0 spiro atoms. The first-order valence-corrected chi connectivity index (χ1v) is 10.4. The molecule has 2 aromatic carbocycles. The maximum atomic E-state index is 12.3. The van der Waals surface area contributed by atoms with Gasteiger partial charge in [0, 0.05) is 23.8 Å². The maximum Gasteiger partial charge on any atom is 0.573 e. The van der Waals surface area contributed by atoms with Gasteiger partial charge in [-0.15, -0.1) is 13.2 Å². The number of thiol groups is 1. The molecule has 3 aromatic rings. The second kappa shape index (κ2) is 9.88. The Bertz CT molecular complexity index is 1180. The number of rotatable bonds is 7. The van der Waals surface area contributed by atoms with Crippen LogP contribution in [0.15, 0.2) is 65.7 Å². The van der Waals surface area contributed by atoms with Gasteiger partial charge in [0.25, 0.3) is 5.91 Å². The number of amides is 1. The van der Waals surface area contributed by atoms with Gasteiger partial charge >= 0.3 is 6.36 Å². The number of carbonyl (C=O) groups excluding carboxylic acids is 1. The van der Waals surface area contributed by atoms with Crippen molar-refractivity contribution in [2.45, 2.75) is 17.8 Å². The lowest BCUT2D eigenvalue weighted by atomic mass is 10.2. The van der Waals surface area contributed by atoms with Gasteiger partial charge in [-0.1, -0.05) is 17.7 Å². The average Bonchev–Trinajstić information content (AvgIpc) is 2.73. The van der Waals surface area contributed by atoms with E-state index >= 15 is 0 Å². The minimum Gasteiger partial charge on any atom is -0.439 e. The summed E-state index contributed by atoms with van der Waals surface area (Å²) in [6.07, 6.45) is -3.52. The van der Waals surface area contributed by atoms with Crippen LogP contribution in [0.3, 0.4) is 0 Å². The molecule has 1 N–H and O–H groups in total. The lowest BCUT2D eigenvalue weighted by Crippen LogP contribution is -2.23. The predicted octanol–water partition coefficient (Wildman–Crippen LogP) is 4.33. The monoisotopic (exact) mass is 486 g/mol. The Morgan fingerprint density at radius 3 is 2.28 bits per heavy atom. The topological polar surface area (TPSA) is 94.6 Å². The van der Waals surface area contributed by atoms with Crippen molar-refractivity contribution in [1.82, 2.24) is 10.3 Å². The third-order valence-corrected chi connectivity index (χ3v) is 5.02. The van der Waals surface area contributed by atoms with Gasteiger partial charge in [0.05, 0.1) is 10.5 Å². The molecule has 0 aliphatic carbocycles. The zero-order valence-electron chi connectivity index (χ0n) is 15.9. The minimum atomic E-state index is -4.78. The molecule has 0 bridgehead atoms. The number of halogens is 4. The van der Waals surface area contributed by atoms with Gasteiger partial charge < -0.3 is 14.8 Å². The van der Waals surface area contributed by atoms with Gasteiger partial charge in [-0.3, -0.25) is 4.79 Å². The van der Waals surface area contributed by atoms with Crippen LogP contribution in [0.25, 0.3) is 0 Å². The first kappa shape index (κ1) is 23.4. The van der Waals surface area contributed by atoms with E-state index in [1.165, 1.54) is 48.7 Å². The third kappa shape index (κ3) is 6.59. The van der Waals surface area contributed by atoms with Crippen molar-refractivity contribution in [3.63, 3.8) is 0 Å². The molecule has 0 unspecified atom stereocenters. The molecule has 1 aromatic heterocycles. The van der Waals surface area contributed by atoms with E-state index in [2.05, 4.69) is 15.0 Å². The summed E-state index contributed by atoms with van der Waals surface area (Å²) in [6.45, 7) is 0.0676. The third-order valence-electron chi connectivity index (χ3n) is 3.97. The fourth-order valence-electron chi connectivity index (χ4n) is 2.48. The number of carbonyl (C=O) groups is 1. The molecule has 12 heteroatoms. The largest absolute Gasteiger partial charge is 0.573 e. The summed E-state index contributed by atoms with van der Waals surface area (Å²) in [6, 6.07) is 11.8. The van der Waals surface area contributed by atoms with Crippen LogP contribution >= 0.6 is 11.6 Å². The van der Waals surface area contributed by atoms with Crippen LogP contribution < -0.4 is 14.8 Å². The Morgan fingerprint density at radius 2 is 1.72 bits per heavy atom. The van der Waals surface area contributed by atoms with E-state index in [4.69, 9.17) is 16.3 Å².